The second-order valence-electron chi connectivity index (χ2n) is 10.8. The molecule has 1 aromatic carbocycles. The van der Waals surface area contributed by atoms with Crippen molar-refractivity contribution in [2.75, 3.05) is 13.1 Å². The molecule has 6 nitrogen and oxygen atoms in total. The van der Waals surface area contributed by atoms with Gasteiger partial charge in [0.15, 0.2) is 0 Å². The van der Waals surface area contributed by atoms with Crippen LogP contribution in [0.1, 0.15) is 51.8 Å². The van der Waals surface area contributed by atoms with Crippen LogP contribution in [-0.2, 0) is 22.6 Å². The maximum Gasteiger partial charge on any atom is 0.246 e. The maximum atomic E-state index is 13.5. The predicted octanol–water partition coefficient (Wildman–Crippen LogP) is 2.82. The van der Waals surface area contributed by atoms with E-state index >= 15 is 0 Å². The molecule has 4 heterocycles. The topological polar surface area (TPSA) is 68.4 Å². The van der Waals surface area contributed by atoms with Crippen LogP contribution in [0.2, 0.25) is 0 Å². The highest BCUT2D eigenvalue weighted by atomic mass is 16.2. The summed E-state index contributed by atoms with van der Waals surface area (Å²) < 4.78 is 0. The van der Waals surface area contributed by atoms with Crippen molar-refractivity contribution in [1.29, 1.82) is 0 Å². The maximum absolute atomic E-state index is 13.5. The number of carbonyl (C=O) groups is 2. The molecule has 160 valence electrons. The number of carbonyl (C=O) groups excluding carboxylic acids is 2. The third-order valence-corrected chi connectivity index (χ3v) is 7.00. The molecule has 2 aromatic rings. The van der Waals surface area contributed by atoms with E-state index in [-0.39, 0.29) is 35.5 Å². The van der Waals surface area contributed by atoms with Crippen molar-refractivity contribution in [2.45, 2.75) is 70.6 Å². The average molecular weight is 409 g/mol. The third-order valence-electron chi connectivity index (χ3n) is 7.00. The number of aromatic nitrogens is 1. The molecule has 3 aliphatic rings. The second-order valence-corrected chi connectivity index (χ2v) is 10.8. The number of aromatic amines is 1. The Morgan fingerprint density at radius 3 is 2.47 bits per heavy atom. The van der Waals surface area contributed by atoms with Crippen LogP contribution in [0.25, 0.3) is 10.9 Å². The molecule has 3 aliphatic heterocycles. The number of nitrogens with zero attached hydrogens (tertiary/aromatic N) is 2. The van der Waals surface area contributed by atoms with Crippen LogP contribution in [0.4, 0.5) is 0 Å². The molecule has 0 aliphatic carbocycles. The number of piperazine rings is 1. The largest absolute Gasteiger partial charge is 0.357 e. The van der Waals surface area contributed by atoms with Gasteiger partial charge in [0.05, 0.1) is 13.1 Å². The number of para-hydroxylation sites is 1. The molecule has 2 N–H and O–H groups in total. The van der Waals surface area contributed by atoms with Crippen molar-refractivity contribution in [1.82, 2.24) is 20.1 Å². The van der Waals surface area contributed by atoms with Crippen molar-refractivity contribution in [2.24, 2.45) is 5.92 Å². The molecule has 0 saturated carbocycles. The van der Waals surface area contributed by atoms with Crippen LogP contribution in [-0.4, -0.2) is 56.8 Å². The molecule has 2 saturated heterocycles. The van der Waals surface area contributed by atoms with Crippen molar-refractivity contribution in [3.05, 3.63) is 35.5 Å². The van der Waals surface area contributed by atoms with E-state index in [0.29, 0.717) is 25.4 Å². The minimum atomic E-state index is -0.374. The SMILES string of the molecule is CC1(C)CC(CN2CC(=O)N3Cc4[nH]c5ccccc5c4CC3C2=O)CC(C)(C)N1. The van der Waals surface area contributed by atoms with Gasteiger partial charge in [-0.2, -0.15) is 0 Å². The molecular weight excluding hydrogens is 376 g/mol. The monoisotopic (exact) mass is 408 g/mol. The Hall–Kier alpha value is -2.34. The first-order valence-corrected chi connectivity index (χ1v) is 11.1. The number of hydrogen-bond acceptors (Lipinski definition) is 3. The Morgan fingerprint density at radius 1 is 1.03 bits per heavy atom. The number of benzene rings is 1. The Morgan fingerprint density at radius 2 is 1.73 bits per heavy atom. The van der Waals surface area contributed by atoms with E-state index in [0.717, 1.165) is 24.1 Å². The third kappa shape index (κ3) is 3.31. The summed E-state index contributed by atoms with van der Waals surface area (Å²) in [5, 5.41) is 4.88. The van der Waals surface area contributed by atoms with Gasteiger partial charge in [0.1, 0.15) is 6.04 Å². The van der Waals surface area contributed by atoms with Crippen LogP contribution in [0.3, 0.4) is 0 Å². The quantitative estimate of drug-likeness (QED) is 0.803. The zero-order valence-electron chi connectivity index (χ0n) is 18.4. The molecule has 2 fully saturated rings. The lowest BCUT2D eigenvalue weighted by molar-refractivity contribution is -0.158. The molecular formula is C24H32N4O2. The first-order valence-electron chi connectivity index (χ1n) is 11.1. The summed E-state index contributed by atoms with van der Waals surface area (Å²) in [4.78, 5) is 33.6. The lowest BCUT2D eigenvalue weighted by Crippen LogP contribution is -2.64. The Balaban J connectivity index is 1.39. The normalized spacial score (nSPS) is 26.1. The molecule has 0 radical (unpaired) electrons. The molecule has 30 heavy (non-hydrogen) atoms. The van der Waals surface area contributed by atoms with E-state index in [2.05, 4.69) is 50.1 Å². The fraction of sp³-hybridized carbons (Fsp3) is 0.583. The van der Waals surface area contributed by atoms with Gasteiger partial charge in [0, 0.05) is 40.6 Å². The zero-order valence-corrected chi connectivity index (χ0v) is 18.4. The van der Waals surface area contributed by atoms with Gasteiger partial charge in [0.25, 0.3) is 0 Å². The van der Waals surface area contributed by atoms with E-state index in [1.165, 1.54) is 10.9 Å². The molecule has 0 bridgehead atoms. The smallest absolute Gasteiger partial charge is 0.246 e. The number of piperidine rings is 1. The fourth-order valence-electron chi connectivity index (χ4n) is 6.36. The number of H-pyrrole nitrogens is 1. The molecule has 0 spiro atoms. The number of nitrogens with one attached hydrogen (secondary N) is 2. The Kier molecular flexibility index (Phi) is 4.30. The van der Waals surface area contributed by atoms with Gasteiger partial charge < -0.3 is 20.1 Å². The summed E-state index contributed by atoms with van der Waals surface area (Å²) >= 11 is 0. The van der Waals surface area contributed by atoms with Crippen molar-refractivity contribution >= 4 is 22.7 Å². The summed E-state index contributed by atoms with van der Waals surface area (Å²) in [6.45, 7) is 10.3. The van der Waals surface area contributed by atoms with Gasteiger partial charge in [-0.25, -0.2) is 0 Å². The molecule has 6 heteroatoms. The summed E-state index contributed by atoms with van der Waals surface area (Å²) in [6.07, 6.45) is 2.62. The van der Waals surface area contributed by atoms with E-state index in [1.54, 1.807) is 4.90 Å². The lowest BCUT2D eigenvalue weighted by atomic mass is 9.75. The van der Waals surface area contributed by atoms with E-state index in [9.17, 15) is 9.59 Å². The van der Waals surface area contributed by atoms with E-state index in [4.69, 9.17) is 0 Å². The van der Waals surface area contributed by atoms with Gasteiger partial charge >= 0.3 is 0 Å². The van der Waals surface area contributed by atoms with Crippen molar-refractivity contribution in [3.63, 3.8) is 0 Å². The first-order chi connectivity index (χ1) is 14.1. The van der Waals surface area contributed by atoms with Gasteiger partial charge in [-0.1, -0.05) is 18.2 Å². The van der Waals surface area contributed by atoms with Gasteiger partial charge in [-0.15, -0.1) is 0 Å². The Labute approximate surface area is 178 Å². The highest BCUT2D eigenvalue weighted by molar-refractivity contribution is 5.96. The zero-order chi connectivity index (χ0) is 21.3. The highest BCUT2D eigenvalue weighted by Crippen LogP contribution is 2.36. The minimum Gasteiger partial charge on any atom is -0.357 e. The fourth-order valence-corrected chi connectivity index (χ4v) is 6.36. The van der Waals surface area contributed by atoms with Crippen LogP contribution >= 0.6 is 0 Å². The molecule has 2 amide bonds. The summed E-state index contributed by atoms with van der Waals surface area (Å²) in [6, 6.07) is 7.83. The van der Waals surface area contributed by atoms with Crippen LogP contribution < -0.4 is 5.32 Å². The first kappa shape index (κ1) is 19.6. The summed E-state index contributed by atoms with van der Waals surface area (Å²) in [7, 11) is 0. The molecule has 1 atom stereocenters. The van der Waals surface area contributed by atoms with Crippen LogP contribution in [0, 0.1) is 5.92 Å². The summed E-state index contributed by atoms with van der Waals surface area (Å²) in [5.41, 5.74) is 3.41. The van der Waals surface area contributed by atoms with Gasteiger partial charge in [0.2, 0.25) is 11.8 Å². The molecule has 5 rings (SSSR count). The van der Waals surface area contributed by atoms with Gasteiger partial charge in [-0.3, -0.25) is 9.59 Å². The number of fused-ring (bicyclic) bond motifs is 4. The van der Waals surface area contributed by atoms with E-state index < -0.39 is 0 Å². The second kappa shape index (κ2) is 6.58. The van der Waals surface area contributed by atoms with Crippen LogP contribution in [0.5, 0.6) is 0 Å². The minimum absolute atomic E-state index is 0.0328. The van der Waals surface area contributed by atoms with Gasteiger partial charge in [-0.05, 0) is 58.1 Å². The highest BCUT2D eigenvalue weighted by Gasteiger charge is 2.45. The molecule has 1 unspecified atom stereocenters. The number of hydrogen-bond donors (Lipinski definition) is 2. The van der Waals surface area contributed by atoms with Crippen molar-refractivity contribution < 1.29 is 9.59 Å². The lowest BCUT2D eigenvalue weighted by Gasteiger charge is -2.49. The van der Waals surface area contributed by atoms with Crippen molar-refractivity contribution in [3.8, 4) is 0 Å². The Bertz CT molecular complexity index is 1010. The predicted molar refractivity (Wildman–Crippen MR) is 117 cm³/mol. The summed E-state index contributed by atoms with van der Waals surface area (Å²) in [5.74, 6) is 0.572. The number of rotatable bonds is 2. The standard InChI is InChI=1S/C24H32N4O2/c1-23(2)10-15(11-24(3,4)26-23)12-27-14-21(29)28-13-19-17(9-20(28)22(27)30)16-7-5-6-8-18(16)25-19/h5-8,15,20,25-26H,9-14H2,1-4H3. The van der Waals surface area contributed by atoms with E-state index in [1.807, 2.05) is 17.0 Å². The average Bonchev–Trinajstić information content (AvgIpc) is 3.00. The van der Waals surface area contributed by atoms with Crippen LogP contribution in [0.15, 0.2) is 24.3 Å². The molecule has 1 aromatic heterocycles. The number of amides is 2.